The average Bonchev–Trinajstić information content (AvgIpc) is 3.20. The van der Waals surface area contributed by atoms with Crippen molar-refractivity contribution in [3.8, 4) is 0 Å². The molecule has 1 N–H and O–H groups in total. The number of nitrogens with zero attached hydrogens (tertiary/aromatic N) is 2. The summed E-state index contributed by atoms with van der Waals surface area (Å²) in [7, 11) is 2.13. The van der Waals surface area contributed by atoms with Crippen LogP contribution in [0.2, 0.25) is 0 Å². The van der Waals surface area contributed by atoms with Crippen LogP contribution in [-0.4, -0.2) is 18.1 Å². The normalized spacial score (nSPS) is 14.4. The van der Waals surface area contributed by atoms with Crippen molar-refractivity contribution in [2.24, 2.45) is 0 Å². The summed E-state index contributed by atoms with van der Waals surface area (Å²) in [4.78, 5) is 6.80. The van der Waals surface area contributed by atoms with E-state index >= 15 is 0 Å². The summed E-state index contributed by atoms with van der Waals surface area (Å²) < 4.78 is 0. The lowest BCUT2D eigenvalue weighted by Crippen LogP contribution is -2.18. The second-order valence-corrected chi connectivity index (χ2v) is 7.04. The summed E-state index contributed by atoms with van der Waals surface area (Å²) in [6, 6.07) is 7.52. The summed E-state index contributed by atoms with van der Waals surface area (Å²) in [5.41, 5.74) is 5.18. The molecule has 1 aliphatic rings. The van der Waals surface area contributed by atoms with E-state index in [1.165, 1.54) is 29.7 Å². The Morgan fingerprint density at radius 1 is 1.33 bits per heavy atom. The van der Waals surface area contributed by atoms with E-state index in [0.29, 0.717) is 0 Å². The van der Waals surface area contributed by atoms with E-state index in [1.54, 1.807) is 11.3 Å². The van der Waals surface area contributed by atoms with Gasteiger partial charge >= 0.3 is 0 Å². The highest BCUT2D eigenvalue weighted by Crippen LogP contribution is 2.23. The number of hydrogen-bond donors (Lipinski definition) is 1. The summed E-state index contributed by atoms with van der Waals surface area (Å²) >= 11 is 1.72. The number of rotatable bonds is 6. The lowest BCUT2D eigenvalue weighted by Gasteiger charge is -2.20. The molecular formula is C17H23N3S. The molecule has 0 atom stereocenters. The van der Waals surface area contributed by atoms with Crippen molar-refractivity contribution in [2.45, 2.75) is 45.8 Å². The number of aromatic nitrogens is 1. The zero-order valence-electron chi connectivity index (χ0n) is 13.0. The third kappa shape index (κ3) is 3.83. The lowest BCUT2D eigenvalue weighted by molar-refractivity contribution is 0.685. The highest BCUT2D eigenvalue weighted by molar-refractivity contribution is 7.09. The fraction of sp³-hybridized carbons (Fsp3) is 0.471. The highest BCUT2D eigenvalue weighted by atomic mass is 32.1. The Hall–Kier alpha value is -1.39. The van der Waals surface area contributed by atoms with Crippen molar-refractivity contribution >= 4 is 17.0 Å². The SMILES string of the molecule is Cc1nc(CN(C)c2ccc(CNC3CC3)c(C)c2)cs1. The molecule has 2 aromatic rings. The molecule has 1 aliphatic carbocycles. The minimum absolute atomic E-state index is 0.764. The number of benzene rings is 1. The molecule has 1 fully saturated rings. The van der Waals surface area contributed by atoms with Gasteiger partial charge in [0.1, 0.15) is 0 Å². The van der Waals surface area contributed by atoms with E-state index in [1.807, 2.05) is 0 Å². The van der Waals surface area contributed by atoms with Gasteiger partial charge in [0.05, 0.1) is 17.2 Å². The first-order chi connectivity index (χ1) is 10.1. The Morgan fingerprint density at radius 3 is 2.76 bits per heavy atom. The molecule has 1 saturated carbocycles. The summed E-state index contributed by atoms with van der Waals surface area (Å²) in [5.74, 6) is 0. The molecule has 3 nitrogen and oxygen atoms in total. The fourth-order valence-corrected chi connectivity index (χ4v) is 3.08. The Bertz CT molecular complexity index is 616. The van der Waals surface area contributed by atoms with Crippen molar-refractivity contribution < 1.29 is 0 Å². The van der Waals surface area contributed by atoms with Crippen molar-refractivity contribution in [2.75, 3.05) is 11.9 Å². The third-order valence-electron chi connectivity index (χ3n) is 3.99. The molecule has 0 aliphatic heterocycles. The van der Waals surface area contributed by atoms with Crippen LogP contribution in [0, 0.1) is 13.8 Å². The molecule has 0 bridgehead atoms. The standard InChI is InChI=1S/C17H23N3S/c1-12-8-17(7-4-14(12)9-18-15-5-6-15)20(3)10-16-11-21-13(2)19-16/h4,7-8,11,15,18H,5-6,9-10H2,1-3H3. The topological polar surface area (TPSA) is 28.2 Å². The van der Waals surface area contributed by atoms with Gasteiger partial charge in [-0.3, -0.25) is 0 Å². The van der Waals surface area contributed by atoms with Gasteiger partial charge in [-0.1, -0.05) is 6.07 Å². The predicted molar refractivity (Wildman–Crippen MR) is 90.0 cm³/mol. The number of nitrogens with one attached hydrogen (secondary N) is 1. The van der Waals surface area contributed by atoms with Crippen LogP contribution in [0.1, 0.15) is 34.7 Å². The summed E-state index contributed by atoms with van der Waals surface area (Å²) in [6.45, 7) is 6.11. The van der Waals surface area contributed by atoms with E-state index in [4.69, 9.17) is 0 Å². The van der Waals surface area contributed by atoms with E-state index in [2.05, 4.69) is 59.7 Å². The molecule has 1 aromatic carbocycles. The monoisotopic (exact) mass is 301 g/mol. The predicted octanol–water partition coefficient (Wildman–Crippen LogP) is 3.65. The fourth-order valence-electron chi connectivity index (χ4n) is 2.47. The molecule has 1 heterocycles. The van der Waals surface area contributed by atoms with Gasteiger partial charge in [0, 0.05) is 30.7 Å². The van der Waals surface area contributed by atoms with Crippen LogP contribution in [0.5, 0.6) is 0 Å². The second-order valence-electron chi connectivity index (χ2n) is 5.98. The van der Waals surface area contributed by atoms with E-state index < -0.39 is 0 Å². The van der Waals surface area contributed by atoms with Crippen molar-refractivity contribution in [3.05, 3.63) is 45.4 Å². The molecule has 0 spiro atoms. The molecule has 0 saturated heterocycles. The molecule has 112 valence electrons. The first kappa shape index (κ1) is 14.5. The number of thiazole rings is 1. The van der Waals surface area contributed by atoms with Gasteiger partial charge in [0.15, 0.2) is 0 Å². The number of hydrogen-bond acceptors (Lipinski definition) is 4. The van der Waals surface area contributed by atoms with Gasteiger partial charge in [-0.25, -0.2) is 4.98 Å². The quantitative estimate of drug-likeness (QED) is 0.883. The van der Waals surface area contributed by atoms with Crippen LogP contribution < -0.4 is 10.2 Å². The van der Waals surface area contributed by atoms with Crippen LogP contribution in [0.15, 0.2) is 23.6 Å². The van der Waals surface area contributed by atoms with Crippen LogP contribution in [0.4, 0.5) is 5.69 Å². The van der Waals surface area contributed by atoms with Crippen LogP contribution in [0.25, 0.3) is 0 Å². The van der Waals surface area contributed by atoms with Gasteiger partial charge in [0.2, 0.25) is 0 Å². The summed E-state index contributed by atoms with van der Waals surface area (Å²) in [6.07, 6.45) is 2.68. The molecule has 21 heavy (non-hydrogen) atoms. The number of anilines is 1. The molecular weight excluding hydrogens is 278 g/mol. The van der Waals surface area contributed by atoms with E-state index in [-0.39, 0.29) is 0 Å². The van der Waals surface area contributed by atoms with Crippen molar-refractivity contribution in [1.29, 1.82) is 0 Å². The Morgan fingerprint density at radius 2 is 2.14 bits per heavy atom. The lowest BCUT2D eigenvalue weighted by atomic mass is 10.1. The third-order valence-corrected chi connectivity index (χ3v) is 4.81. The molecule has 3 rings (SSSR count). The minimum atomic E-state index is 0.764. The molecule has 0 radical (unpaired) electrons. The molecule has 0 unspecified atom stereocenters. The van der Waals surface area contributed by atoms with Gasteiger partial charge < -0.3 is 10.2 Å². The summed E-state index contributed by atoms with van der Waals surface area (Å²) in [5, 5.41) is 6.86. The Balaban J connectivity index is 1.65. The molecule has 1 aromatic heterocycles. The Labute approximate surface area is 131 Å². The minimum Gasteiger partial charge on any atom is -0.369 e. The maximum atomic E-state index is 4.54. The second kappa shape index (κ2) is 6.16. The number of aryl methyl sites for hydroxylation is 2. The van der Waals surface area contributed by atoms with E-state index in [0.717, 1.165) is 29.8 Å². The smallest absolute Gasteiger partial charge is 0.0898 e. The van der Waals surface area contributed by atoms with Gasteiger partial charge in [-0.15, -0.1) is 11.3 Å². The molecule has 0 amide bonds. The maximum Gasteiger partial charge on any atom is 0.0898 e. The van der Waals surface area contributed by atoms with Crippen molar-refractivity contribution in [1.82, 2.24) is 10.3 Å². The zero-order valence-corrected chi connectivity index (χ0v) is 13.8. The average molecular weight is 301 g/mol. The van der Waals surface area contributed by atoms with Crippen LogP contribution in [0.3, 0.4) is 0 Å². The first-order valence-electron chi connectivity index (χ1n) is 7.57. The van der Waals surface area contributed by atoms with Crippen LogP contribution >= 0.6 is 11.3 Å². The molecule has 4 heteroatoms. The van der Waals surface area contributed by atoms with E-state index in [9.17, 15) is 0 Å². The Kier molecular flexibility index (Phi) is 4.27. The van der Waals surface area contributed by atoms with Crippen LogP contribution in [-0.2, 0) is 13.1 Å². The zero-order chi connectivity index (χ0) is 14.8. The highest BCUT2D eigenvalue weighted by Gasteiger charge is 2.20. The van der Waals surface area contributed by atoms with Gasteiger partial charge in [-0.05, 0) is 49.9 Å². The maximum absolute atomic E-state index is 4.54. The van der Waals surface area contributed by atoms with Gasteiger partial charge in [0.25, 0.3) is 0 Å². The first-order valence-corrected chi connectivity index (χ1v) is 8.45. The van der Waals surface area contributed by atoms with Gasteiger partial charge in [-0.2, -0.15) is 0 Å². The van der Waals surface area contributed by atoms with Crippen molar-refractivity contribution in [3.63, 3.8) is 0 Å². The largest absolute Gasteiger partial charge is 0.369 e.